The summed E-state index contributed by atoms with van der Waals surface area (Å²) < 4.78 is 31.3. The van der Waals surface area contributed by atoms with Crippen LogP contribution in [-0.2, 0) is 0 Å². The van der Waals surface area contributed by atoms with Crippen molar-refractivity contribution >= 4 is 39.3 Å². The van der Waals surface area contributed by atoms with Crippen molar-refractivity contribution in [3.63, 3.8) is 0 Å². The molecule has 4 nitrogen and oxygen atoms in total. The van der Waals surface area contributed by atoms with Gasteiger partial charge in [-0.25, -0.2) is 13.8 Å². The van der Waals surface area contributed by atoms with Gasteiger partial charge in [-0.05, 0) is 36.4 Å². The molecule has 7 heteroatoms. The Morgan fingerprint density at radius 3 is 2.00 bits per heavy atom. The minimum atomic E-state index is -0.910. The Labute approximate surface area is 196 Å². The molecule has 0 fully saturated rings. The van der Waals surface area contributed by atoms with Crippen molar-refractivity contribution in [1.29, 1.82) is 0 Å². The van der Waals surface area contributed by atoms with Gasteiger partial charge < -0.3 is 0 Å². The molecule has 0 unspecified atom stereocenters. The predicted molar refractivity (Wildman–Crippen MR) is 127 cm³/mol. The van der Waals surface area contributed by atoms with Crippen LogP contribution in [0.15, 0.2) is 84.4 Å². The molecule has 0 spiro atoms. The van der Waals surface area contributed by atoms with Gasteiger partial charge in [0.2, 0.25) is 11.6 Å². The average molecular weight is 468 g/mol. The Hall–Kier alpha value is -4.23. The van der Waals surface area contributed by atoms with Crippen molar-refractivity contribution < 1.29 is 18.4 Å². The van der Waals surface area contributed by atoms with Crippen LogP contribution in [0.2, 0.25) is 0 Å². The number of ketones is 2. The van der Waals surface area contributed by atoms with Gasteiger partial charge in [-0.2, -0.15) is 0 Å². The van der Waals surface area contributed by atoms with Gasteiger partial charge in [-0.1, -0.05) is 48.5 Å². The molecule has 0 N–H and O–H groups in total. The van der Waals surface area contributed by atoms with Gasteiger partial charge in [-0.3, -0.25) is 14.2 Å². The molecule has 0 amide bonds. The summed E-state index contributed by atoms with van der Waals surface area (Å²) in [5, 5.41) is 0.832. The number of carbonyl (C=O) groups excluding carboxylic acids is 2. The van der Waals surface area contributed by atoms with E-state index in [0.29, 0.717) is 11.3 Å². The lowest BCUT2D eigenvalue weighted by molar-refractivity contribution is 0.0989. The van der Waals surface area contributed by atoms with Crippen molar-refractivity contribution in [2.24, 2.45) is 0 Å². The molecule has 2 aromatic heterocycles. The summed E-state index contributed by atoms with van der Waals surface area (Å²) >= 11 is 1.48. The second-order valence-corrected chi connectivity index (χ2v) is 8.84. The number of benzene rings is 3. The zero-order chi connectivity index (χ0) is 23.4. The first-order chi connectivity index (χ1) is 16.5. The number of halogens is 2. The lowest BCUT2D eigenvalue weighted by Crippen LogP contribution is -2.03. The van der Waals surface area contributed by atoms with E-state index in [4.69, 9.17) is 4.98 Å². The van der Waals surface area contributed by atoms with E-state index in [0.717, 1.165) is 33.1 Å². The number of hydrogen-bond acceptors (Lipinski definition) is 4. The highest BCUT2D eigenvalue weighted by Crippen LogP contribution is 2.37. The molecule has 0 saturated carbocycles. The molecule has 3 aromatic carbocycles. The Morgan fingerprint density at radius 2 is 1.38 bits per heavy atom. The van der Waals surface area contributed by atoms with Crippen LogP contribution in [0.4, 0.5) is 8.78 Å². The van der Waals surface area contributed by atoms with Gasteiger partial charge in [-0.15, -0.1) is 11.3 Å². The predicted octanol–water partition coefficient (Wildman–Crippen LogP) is 6.49. The molecule has 1 aliphatic rings. The molecule has 0 atom stereocenters. The first-order valence-electron chi connectivity index (χ1n) is 10.4. The summed E-state index contributed by atoms with van der Waals surface area (Å²) in [6.45, 7) is 0. The number of Topliss-reactive ketones (excluding diaryl/α,β-unsaturated/α-hetero) is 2. The van der Waals surface area contributed by atoms with Crippen LogP contribution in [0.5, 0.6) is 0 Å². The fourth-order valence-corrected chi connectivity index (χ4v) is 5.21. The molecular formula is C27H14F2N2O2S. The van der Waals surface area contributed by atoms with Crippen molar-refractivity contribution in [3.05, 3.63) is 113 Å². The standard InChI is InChI=1S/C27H14F2N2O2S/c28-19-11-12-20(29)23-22(19)24(32)18(25(23)33)13-17-14-21-26(31(17)16-9-5-2-6-10-16)30-27(34-21)15-7-3-1-4-8-15/h1-14H. The third-order valence-corrected chi connectivity index (χ3v) is 6.80. The van der Waals surface area contributed by atoms with Gasteiger partial charge in [0.15, 0.2) is 5.65 Å². The van der Waals surface area contributed by atoms with Gasteiger partial charge in [0.1, 0.15) is 16.6 Å². The molecule has 6 rings (SSSR count). The molecule has 164 valence electrons. The number of aromatic nitrogens is 2. The molecule has 0 saturated heterocycles. The first kappa shape index (κ1) is 20.4. The molecule has 34 heavy (non-hydrogen) atoms. The maximum atomic E-state index is 14.3. The molecule has 1 aliphatic carbocycles. The molecule has 0 aliphatic heterocycles. The van der Waals surface area contributed by atoms with E-state index in [1.807, 2.05) is 71.3 Å². The van der Waals surface area contributed by atoms with Crippen molar-refractivity contribution in [1.82, 2.24) is 9.55 Å². The Morgan fingerprint density at radius 1 is 0.794 bits per heavy atom. The highest BCUT2D eigenvalue weighted by Gasteiger charge is 2.38. The van der Waals surface area contributed by atoms with Crippen molar-refractivity contribution in [2.45, 2.75) is 0 Å². The van der Waals surface area contributed by atoms with Crippen LogP contribution in [0.1, 0.15) is 26.4 Å². The van der Waals surface area contributed by atoms with E-state index in [9.17, 15) is 18.4 Å². The number of allylic oxidation sites excluding steroid dienone is 1. The smallest absolute Gasteiger partial charge is 0.200 e. The molecule has 2 heterocycles. The quantitative estimate of drug-likeness (QED) is 0.225. The van der Waals surface area contributed by atoms with Gasteiger partial charge >= 0.3 is 0 Å². The summed E-state index contributed by atoms with van der Waals surface area (Å²) in [4.78, 5) is 30.6. The number of hydrogen-bond donors (Lipinski definition) is 0. The normalized spacial score (nSPS) is 13.1. The van der Waals surface area contributed by atoms with Gasteiger partial charge in [0, 0.05) is 11.3 Å². The Balaban J connectivity index is 1.55. The Kier molecular flexibility index (Phi) is 4.60. The monoisotopic (exact) mass is 468 g/mol. The maximum Gasteiger partial charge on any atom is 0.200 e. The topological polar surface area (TPSA) is 52.0 Å². The van der Waals surface area contributed by atoms with Crippen LogP contribution >= 0.6 is 11.3 Å². The van der Waals surface area contributed by atoms with E-state index in [-0.39, 0.29) is 5.57 Å². The molecule has 0 radical (unpaired) electrons. The van der Waals surface area contributed by atoms with Crippen LogP contribution in [0.25, 0.3) is 32.7 Å². The lowest BCUT2D eigenvalue weighted by Gasteiger charge is -2.07. The summed E-state index contributed by atoms with van der Waals surface area (Å²) in [7, 11) is 0. The first-order valence-corrected chi connectivity index (χ1v) is 11.3. The van der Waals surface area contributed by atoms with E-state index < -0.39 is 34.3 Å². The van der Waals surface area contributed by atoms with Gasteiger partial charge in [0.05, 0.1) is 27.1 Å². The van der Waals surface area contributed by atoms with Crippen LogP contribution in [-0.4, -0.2) is 21.1 Å². The Bertz CT molecular complexity index is 1610. The highest BCUT2D eigenvalue weighted by molar-refractivity contribution is 7.21. The number of nitrogens with zero attached hydrogens (tertiary/aromatic N) is 2. The second kappa shape index (κ2) is 7.67. The fourth-order valence-electron chi connectivity index (χ4n) is 4.21. The van der Waals surface area contributed by atoms with E-state index in [1.165, 1.54) is 17.4 Å². The number of thiazole rings is 1. The SMILES string of the molecule is O=C1C(=Cc2cc3sc(-c4ccccc4)nc3n2-c2ccccc2)C(=O)c2c(F)ccc(F)c21. The molecular weight excluding hydrogens is 454 g/mol. The fraction of sp³-hybridized carbons (Fsp3) is 0. The van der Waals surface area contributed by atoms with Crippen LogP contribution in [0, 0.1) is 11.6 Å². The van der Waals surface area contributed by atoms with Gasteiger partial charge in [0.25, 0.3) is 0 Å². The zero-order valence-electron chi connectivity index (χ0n) is 17.5. The van der Waals surface area contributed by atoms with Crippen molar-refractivity contribution in [3.8, 4) is 16.3 Å². The summed E-state index contributed by atoms with van der Waals surface area (Å²) in [6.07, 6.45) is 1.40. The average Bonchev–Trinajstić information content (AvgIpc) is 3.49. The number of fused-ring (bicyclic) bond motifs is 2. The third-order valence-electron chi connectivity index (χ3n) is 5.76. The van der Waals surface area contributed by atoms with E-state index in [2.05, 4.69) is 0 Å². The van der Waals surface area contributed by atoms with E-state index in [1.54, 1.807) is 0 Å². The second-order valence-electron chi connectivity index (χ2n) is 7.81. The van der Waals surface area contributed by atoms with Crippen LogP contribution < -0.4 is 0 Å². The minimum absolute atomic E-state index is 0.274. The van der Waals surface area contributed by atoms with Crippen molar-refractivity contribution in [2.75, 3.05) is 0 Å². The number of carbonyl (C=O) groups is 2. The summed E-state index contributed by atoms with van der Waals surface area (Å²) in [5.41, 5.74) is 1.64. The maximum absolute atomic E-state index is 14.3. The highest BCUT2D eigenvalue weighted by atomic mass is 32.1. The largest absolute Gasteiger partial charge is 0.294 e. The lowest BCUT2D eigenvalue weighted by atomic mass is 10.1. The molecule has 5 aromatic rings. The number of para-hydroxylation sites is 1. The molecule has 0 bridgehead atoms. The summed E-state index contributed by atoms with van der Waals surface area (Å²) in [6, 6.07) is 22.7. The third kappa shape index (κ3) is 3.05. The van der Waals surface area contributed by atoms with Crippen LogP contribution in [0.3, 0.4) is 0 Å². The minimum Gasteiger partial charge on any atom is -0.294 e. The zero-order valence-corrected chi connectivity index (χ0v) is 18.3. The van der Waals surface area contributed by atoms with E-state index >= 15 is 0 Å². The summed E-state index contributed by atoms with van der Waals surface area (Å²) in [5.74, 6) is -3.46. The number of rotatable bonds is 3.